The molecule has 4 N–H and O–H groups in total. The Labute approximate surface area is 123 Å². The first-order chi connectivity index (χ1) is 10.2. The van der Waals surface area contributed by atoms with E-state index in [1.54, 1.807) is 6.07 Å². The zero-order valence-electron chi connectivity index (χ0n) is 11.9. The molecule has 0 unspecified atom stereocenters. The lowest BCUT2D eigenvalue weighted by Gasteiger charge is -2.22. The summed E-state index contributed by atoms with van der Waals surface area (Å²) in [6.45, 7) is 2.85. The number of hydrogen-bond donors (Lipinski definition) is 3. The summed E-state index contributed by atoms with van der Waals surface area (Å²) in [6, 6.07) is 5.18. The molecule has 2 aromatic rings. The van der Waals surface area contributed by atoms with Crippen molar-refractivity contribution in [2.24, 2.45) is 5.92 Å². The number of piperidine rings is 1. The molecule has 3 rings (SSSR count). The van der Waals surface area contributed by atoms with Crippen LogP contribution in [0, 0.1) is 5.92 Å². The van der Waals surface area contributed by atoms with E-state index in [4.69, 9.17) is 10.5 Å². The number of aromatic nitrogens is 2. The van der Waals surface area contributed by atoms with Crippen LogP contribution in [0.3, 0.4) is 0 Å². The molecular weight excluding hydrogens is 268 g/mol. The zero-order chi connectivity index (χ0) is 14.7. The molecule has 1 fully saturated rings. The van der Waals surface area contributed by atoms with Crippen molar-refractivity contribution in [1.29, 1.82) is 0 Å². The van der Waals surface area contributed by atoms with Gasteiger partial charge in [0.25, 0.3) is 0 Å². The quantitative estimate of drug-likeness (QED) is 0.792. The molecular formula is C15H20N4O2. The van der Waals surface area contributed by atoms with Crippen molar-refractivity contribution in [2.45, 2.75) is 19.3 Å². The minimum atomic E-state index is -0.313. The zero-order valence-corrected chi connectivity index (χ0v) is 11.9. The number of nitrogen functional groups attached to an aromatic ring is 1. The third-order valence-corrected chi connectivity index (χ3v) is 3.94. The van der Waals surface area contributed by atoms with Gasteiger partial charge in [0.15, 0.2) is 0 Å². The molecule has 112 valence electrons. The number of benzene rings is 1. The molecule has 1 aliphatic heterocycles. The van der Waals surface area contributed by atoms with Gasteiger partial charge in [-0.05, 0) is 50.4 Å². The first-order valence-corrected chi connectivity index (χ1v) is 7.33. The first-order valence-electron chi connectivity index (χ1n) is 7.33. The summed E-state index contributed by atoms with van der Waals surface area (Å²) < 4.78 is 5.88. The number of rotatable bonds is 4. The number of ether oxygens (including phenoxy) is 1. The average molecular weight is 288 g/mol. The molecule has 1 aromatic heterocycles. The smallest absolute Gasteiger partial charge is 0.316 e. The van der Waals surface area contributed by atoms with Gasteiger partial charge in [0, 0.05) is 0 Å². The van der Waals surface area contributed by atoms with Gasteiger partial charge in [-0.2, -0.15) is 9.97 Å². The molecule has 0 radical (unpaired) electrons. The Morgan fingerprint density at radius 1 is 1.29 bits per heavy atom. The minimum Gasteiger partial charge on any atom is -0.493 e. The predicted octanol–water partition coefficient (Wildman–Crippen LogP) is 1.69. The highest BCUT2D eigenvalue weighted by atomic mass is 16.5. The van der Waals surface area contributed by atoms with Gasteiger partial charge in [-0.3, -0.25) is 0 Å². The molecule has 0 bridgehead atoms. The van der Waals surface area contributed by atoms with E-state index < -0.39 is 0 Å². The molecule has 1 saturated heterocycles. The highest BCUT2D eigenvalue weighted by molar-refractivity contribution is 5.93. The number of aromatic hydroxyl groups is 1. The Morgan fingerprint density at radius 2 is 2.10 bits per heavy atom. The topological polar surface area (TPSA) is 93.3 Å². The fraction of sp³-hybridized carbons (Fsp3) is 0.467. The summed E-state index contributed by atoms with van der Waals surface area (Å²) in [5, 5.41) is 13.4. The molecule has 21 heavy (non-hydrogen) atoms. The molecule has 0 spiro atoms. The summed E-state index contributed by atoms with van der Waals surface area (Å²) >= 11 is 0. The number of nitrogens with one attached hydrogen (secondary N) is 1. The lowest BCUT2D eigenvalue weighted by Crippen LogP contribution is -2.28. The van der Waals surface area contributed by atoms with Gasteiger partial charge in [-0.1, -0.05) is 6.07 Å². The van der Waals surface area contributed by atoms with Crippen LogP contribution in [-0.4, -0.2) is 34.8 Å². The molecule has 6 nitrogen and oxygen atoms in total. The van der Waals surface area contributed by atoms with Gasteiger partial charge in [0.05, 0.1) is 17.5 Å². The predicted molar refractivity (Wildman–Crippen MR) is 81.3 cm³/mol. The van der Waals surface area contributed by atoms with Crippen LogP contribution in [0.2, 0.25) is 0 Å². The van der Waals surface area contributed by atoms with Crippen molar-refractivity contribution in [3.8, 4) is 11.8 Å². The fourth-order valence-electron chi connectivity index (χ4n) is 2.79. The van der Waals surface area contributed by atoms with E-state index in [2.05, 4.69) is 15.3 Å². The largest absolute Gasteiger partial charge is 0.493 e. The van der Waals surface area contributed by atoms with Gasteiger partial charge in [0.1, 0.15) is 11.6 Å². The summed E-state index contributed by atoms with van der Waals surface area (Å²) in [4.78, 5) is 7.77. The van der Waals surface area contributed by atoms with Crippen molar-refractivity contribution < 1.29 is 9.84 Å². The fourth-order valence-corrected chi connectivity index (χ4v) is 2.79. The van der Waals surface area contributed by atoms with Gasteiger partial charge in [0.2, 0.25) is 0 Å². The summed E-state index contributed by atoms with van der Waals surface area (Å²) in [7, 11) is 0. The monoisotopic (exact) mass is 288 g/mol. The van der Waals surface area contributed by atoms with Crippen molar-refractivity contribution in [1.82, 2.24) is 15.3 Å². The second-order valence-corrected chi connectivity index (χ2v) is 5.39. The molecule has 0 amide bonds. The minimum absolute atomic E-state index is 0.245. The van der Waals surface area contributed by atoms with Crippen LogP contribution in [-0.2, 0) is 0 Å². The number of nitrogens with two attached hydrogens (primary N) is 1. The van der Waals surface area contributed by atoms with Crippen molar-refractivity contribution in [3.05, 3.63) is 18.2 Å². The lowest BCUT2D eigenvalue weighted by atomic mass is 9.95. The molecule has 6 heteroatoms. The maximum atomic E-state index is 9.40. The highest BCUT2D eigenvalue weighted by Crippen LogP contribution is 2.30. The van der Waals surface area contributed by atoms with E-state index in [0.717, 1.165) is 25.4 Å². The van der Waals surface area contributed by atoms with E-state index in [9.17, 15) is 5.11 Å². The van der Waals surface area contributed by atoms with Crippen LogP contribution in [0.15, 0.2) is 18.2 Å². The molecule has 1 aromatic carbocycles. The van der Waals surface area contributed by atoms with Crippen LogP contribution < -0.4 is 15.8 Å². The maximum Gasteiger partial charge on any atom is 0.316 e. The number of hydrogen-bond acceptors (Lipinski definition) is 6. The Balaban J connectivity index is 1.71. The Morgan fingerprint density at radius 3 is 2.90 bits per heavy atom. The second kappa shape index (κ2) is 6.13. The van der Waals surface area contributed by atoms with Gasteiger partial charge in [-0.25, -0.2) is 0 Å². The van der Waals surface area contributed by atoms with Gasteiger partial charge >= 0.3 is 6.01 Å². The summed E-state index contributed by atoms with van der Waals surface area (Å²) in [5.41, 5.74) is 6.47. The number of fused-ring (bicyclic) bond motifs is 1. The van der Waals surface area contributed by atoms with E-state index in [1.165, 1.54) is 12.8 Å². The van der Waals surface area contributed by atoms with Gasteiger partial charge in [-0.15, -0.1) is 0 Å². The van der Waals surface area contributed by atoms with E-state index in [0.29, 0.717) is 23.3 Å². The maximum absolute atomic E-state index is 9.40. The SMILES string of the molecule is Nc1nc(O)nc2cccc(OCCC3CCNCC3)c12. The Bertz CT molecular complexity index is 626. The van der Waals surface area contributed by atoms with Crippen LogP contribution >= 0.6 is 0 Å². The lowest BCUT2D eigenvalue weighted by molar-refractivity contribution is 0.254. The molecule has 1 aliphatic rings. The third-order valence-electron chi connectivity index (χ3n) is 3.94. The van der Waals surface area contributed by atoms with Crippen molar-refractivity contribution >= 4 is 16.7 Å². The molecule has 0 saturated carbocycles. The molecule has 2 heterocycles. The van der Waals surface area contributed by atoms with Crippen molar-refractivity contribution in [2.75, 3.05) is 25.4 Å². The Kier molecular flexibility index (Phi) is 4.06. The van der Waals surface area contributed by atoms with Crippen LogP contribution in [0.5, 0.6) is 11.8 Å². The summed E-state index contributed by atoms with van der Waals surface area (Å²) in [5.74, 6) is 1.65. The van der Waals surface area contributed by atoms with E-state index >= 15 is 0 Å². The normalized spacial score (nSPS) is 16.2. The van der Waals surface area contributed by atoms with Crippen LogP contribution in [0.4, 0.5) is 5.82 Å². The molecule has 0 aliphatic carbocycles. The van der Waals surface area contributed by atoms with Gasteiger partial charge < -0.3 is 20.9 Å². The van der Waals surface area contributed by atoms with Crippen molar-refractivity contribution in [3.63, 3.8) is 0 Å². The first kappa shape index (κ1) is 13.9. The second-order valence-electron chi connectivity index (χ2n) is 5.39. The Hall–Kier alpha value is -2.08. The number of nitrogens with zero attached hydrogens (tertiary/aromatic N) is 2. The van der Waals surface area contributed by atoms with E-state index in [1.807, 2.05) is 12.1 Å². The van der Waals surface area contributed by atoms with E-state index in [-0.39, 0.29) is 11.8 Å². The number of anilines is 1. The summed E-state index contributed by atoms with van der Waals surface area (Å²) in [6.07, 6.45) is 3.45. The molecule has 0 atom stereocenters. The standard InChI is InChI=1S/C15H20N4O2/c16-14-13-11(18-15(20)19-14)2-1-3-12(13)21-9-6-10-4-7-17-8-5-10/h1-3,10,17H,4-9H2,(H3,16,18,19,20). The van der Waals surface area contributed by atoms with Crippen LogP contribution in [0.25, 0.3) is 10.9 Å². The highest BCUT2D eigenvalue weighted by Gasteiger charge is 2.14. The average Bonchev–Trinajstić information content (AvgIpc) is 2.48. The van der Waals surface area contributed by atoms with Crippen LogP contribution in [0.1, 0.15) is 19.3 Å². The third kappa shape index (κ3) is 3.16.